The fraction of sp³-hybridized carbons (Fsp3) is 0.323. The van der Waals surface area contributed by atoms with Gasteiger partial charge in [0.25, 0.3) is 5.56 Å². The molecule has 234 valence electrons. The SMILES string of the molecule is C=CC(=O)N1CCN(c2c(C#N)c(=O)n([C@H]3C(C(C)C)=NC=C[C@H]3C)c3nc(-c4c(F)c(F)c(F)c(N)c4Cl)c(Cl)cc23)CC1. The molecule has 0 bridgehead atoms. The number of pyridine rings is 2. The van der Waals surface area contributed by atoms with Gasteiger partial charge in [0, 0.05) is 49.4 Å². The van der Waals surface area contributed by atoms with Gasteiger partial charge in [0.15, 0.2) is 17.5 Å². The zero-order valence-electron chi connectivity index (χ0n) is 24.5. The summed E-state index contributed by atoms with van der Waals surface area (Å²) in [4.78, 5) is 39.1. The Bertz CT molecular complexity index is 1900. The fourth-order valence-electron chi connectivity index (χ4n) is 5.87. The first-order chi connectivity index (χ1) is 21.3. The molecule has 1 aromatic carbocycles. The van der Waals surface area contributed by atoms with E-state index in [-0.39, 0.29) is 76.9 Å². The Morgan fingerprint density at radius 3 is 2.44 bits per heavy atom. The summed E-state index contributed by atoms with van der Waals surface area (Å²) in [5.41, 5.74) is 3.69. The predicted molar refractivity (Wildman–Crippen MR) is 169 cm³/mol. The van der Waals surface area contributed by atoms with Crippen molar-refractivity contribution < 1.29 is 18.0 Å². The molecule has 3 aromatic rings. The van der Waals surface area contributed by atoms with Crippen molar-refractivity contribution in [3.8, 4) is 17.3 Å². The van der Waals surface area contributed by atoms with Gasteiger partial charge in [-0.2, -0.15) is 5.26 Å². The molecule has 0 unspecified atom stereocenters. The summed E-state index contributed by atoms with van der Waals surface area (Å²) >= 11 is 12.9. The van der Waals surface area contributed by atoms with Gasteiger partial charge in [-0.1, -0.05) is 56.6 Å². The average Bonchev–Trinajstić information content (AvgIpc) is 3.02. The van der Waals surface area contributed by atoms with Crippen LogP contribution in [0.4, 0.5) is 24.5 Å². The Morgan fingerprint density at radius 1 is 1.18 bits per heavy atom. The molecule has 9 nitrogen and oxygen atoms in total. The van der Waals surface area contributed by atoms with E-state index >= 15 is 4.39 Å². The van der Waals surface area contributed by atoms with Crippen LogP contribution in [0.2, 0.25) is 10.0 Å². The molecule has 1 amide bonds. The van der Waals surface area contributed by atoms with Crippen LogP contribution in [0, 0.1) is 40.6 Å². The van der Waals surface area contributed by atoms with Crippen LogP contribution < -0.4 is 16.2 Å². The van der Waals surface area contributed by atoms with E-state index in [2.05, 4.69) is 22.6 Å². The number of carbonyl (C=O) groups is 1. The lowest BCUT2D eigenvalue weighted by atomic mass is 9.88. The minimum atomic E-state index is -1.87. The fourth-order valence-corrected chi connectivity index (χ4v) is 6.37. The molecular formula is C31H28Cl2F3N7O2. The lowest BCUT2D eigenvalue weighted by molar-refractivity contribution is -0.126. The third-order valence-corrected chi connectivity index (χ3v) is 8.80. The van der Waals surface area contributed by atoms with Crippen LogP contribution in [0.25, 0.3) is 22.3 Å². The number of nitrogens with two attached hydrogens (primary N) is 1. The number of nitriles is 1. The van der Waals surface area contributed by atoms with Crippen molar-refractivity contribution in [2.75, 3.05) is 36.8 Å². The summed E-state index contributed by atoms with van der Waals surface area (Å²) in [5.74, 6) is -5.87. The summed E-state index contributed by atoms with van der Waals surface area (Å²) in [6, 6.07) is 2.72. The van der Waals surface area contributed by atoms with Crippen molar-refractivity contribution >= 4 is 57.2 Å². The van der Waals surface area contributed by atoms with Gasteiger partial charge in [0.05, 0.1) is 38.7 Å². The number of hydrogen-bond acceptors (Lipinski definition) is 7. The highest BCUT2D eigenvalue weighted by atomic mass is 35.5. The van der Waals surface area contributed by atoms with Crippen LogP contribution in [-0.2, 0) is 4.79 Å². The molecule has 5 rings (SSSR count). The van der Waals surface area contributed by atoms with Gasteiger partial charge in [-0.25, -0.2) is 18.2 Å². The molecule has 2 atom stereocenters. The number of amides is 1. The number of fused-ring (bicyclic) bond motifs is 1. The van der Waals surface area contributed by atoms with E-state index in [1.807, 2.05) is 20.8 Å². The van der Waals surface area contributed by atoms with E-state index in [0.29, 0.717) is 5.71 Å². The molecule has 0 spiro atoms. The number of rotatable bonds is 5. The Balaban J connectivity index is 1.88. The highest BCUT2D eigenvalue weighted by Gasteiger charge is 2.35. The molecule has 45 heavy (non-hydrogen) atoms. The van der Waals surface area contributed by atoms with E-state index < -0.39 is 45.3 Å². The molecule has 0 saturated carbocycles. The number of aromatic nitrogens is 2. The molecule has 4 heterocycles. The monoisotopic (exact) mass is 657 g/mol. The van der Waals surface area contributed by atoms with Crippen LogP contribution in [0.3, 0.4) is 0 Å². The first kappa shape index (κ1) is 32.1. The van der Waals surface area contributed by atoms with Gasteiger partial charge in [-0.3, -0.25) is 19.1 Å². The zero-order valence-corrected chi connectivity index (χ0v) is 26.1. The normalized spacial score (nSPS) is 18.4. The number of benzene rings is 1. The molecule has 0 aliphatic carbocycles. The second-order valence-corrected chi connectivity index (χ2v) is 11.9. The molecule has 2 aliphatic heterocycles. The van der Waals surface area contributed by atoms with Crippen molar-refractivity contribution in [1.29, 1.82) is 5.26 Å². The number of hydrogen-bond donors (Lipinski definition) is 1. The zero-order chi connectivity index (χ0) is 32.9. The van der Waals surface area contributed by atoms with E-state index in [1.165, 1.54) is 16.7 Å². The van der Waals surface area contributed by atoms with E-state index in [0.717, 1.165) is 0 Å². The molecule has 0 radical (unpaired) electrons. The number of piperazine rings is 1. The van der Waals surface area contributed by atoms with Crippen molar-refractivity contribution in [2.45, 2.75) is 26.8 Å². The maximum Gasteiger partial charge on any atom is 0.272 e. The van der Waals surface area contributed by atoms with Crippen LogP contribution in [0.5, 0.6) is 0 Å². The number of nitrogens with zero attached hydrogens (tertiary/aromatic N) is 6. The molecule has 2 aliphatic rings. The van der Waals surface area contributed by atoms with Crippen LogP contribution in [-0.4, -0.2) is 52.2 Å². The predicted octanol–water partition coefficient (Wildman–Crippen LogP) is 5.88. The third-order valence-electron chi connectivity index (χ3n) is 8.12. The molecule has 2 aromatic heterocycles. The highest BCUT2D eigenvalue weighted by molar-refractivity contribution is 6.38. The van der Waals surface area contributed by atoms with Crippen molar-refractivity contribution in [2.24, 2.45) is 16.8 Å². The minimum Gasteiger partial charge on any atom is -0.395 e. The maximum absolute atomic E-state index is 15.3. The van der Waals surface area contributed by atoms with Gasteiger partial charge < -0.3 is 15.5 Å². The Kier molecular flexibility index (Phi) is 8.70. The largest absolute Gasteiger partial charge is 0.395 e. The van der Waals surface area contributed by atoms with Gasteiger partial charge in [-0.05, 0) is 18.1 Å². The summed E-state index contributed by atoms with van der Waals surface area (Å²) in [6.45, 7) is 10.3. The average molecular weight is 659 g/mol. The van der Waals surface area contributed by atoms with Crippen molar-refractivity contribution in [3.63, 3.8) is 0 Å². The summed E-state index contributed by atoms with van der Waals surface area (Å²) in [6.07, 6.45) is 4.65. The number of aliphatic imine (C=N–C) groups is 1. The molecule has 1 fully saturated rings. The Labute approximate surface area is 266 Å². The van der Waals surface area contributed by atoms with E-state index in [9.17, 15) is 23.6 Å². The molecule has 2 N–H and O–H groups in total. The third kappa shape index (κ3) is 5.23. The van der Waals surface area contributed by atoms with E-state index in [4.69, 9.17) is 28.9 Å². The maximum atomic E-state index is 15.3. The van der Waals surface area contributed by atoms with Crippen molar-refractivity contribution in [3.05, 3.63) is 74.4 Å². The second kappa shape index (κ2) is 12.2. The quantitative estimate of drug-likeness (QED) is 0.158. The first-order valence-electron chi connectivity index (χ1n) is 14.0. The summed E-state index contributed by atoms with van der Waals surface area (Å²) in [5, 5.41) is 9.76. The Hall–Kier alpha value is -4.34. The standard InChI is InChI=1S/C31H28Cl2F3N7O2/c1-5-19(44)41-8-10-42(11-9-41)29-16-12-18(32)27(20-21(33)25(38)24(36)23(35)22(20)34)40-30(16)43(31(45)17(29)13-37)28-15(4)6-7-39-26(28)14(2)3/h5-7,12,14-15,28H,1,8-11,38H2,2-4H3/t15-,28-/m1/s1. The number of allylic oxidation sites excluding steroid dienone is 1. The topological polar surface area (TPSA) is 121 Å². The highest BCUT2D eigenvalue weighted by Crippen LogP contribution is 2.43. The van der Waals surface area contributed by atoms with Gasteiger partial charge in [0.2, 0.25) is 5.91 Å². The first-order valence-corrected chi connectivity index (χ1v) is 14.8. The minimum absolute atomic E-state index is 0.0164. The Morgan fingerprint density at radius 2 is 1.84 bits per heavy atom. The molecular weight excluding hydrogens is 630 g/mol. The molecule has 14 heteroatoms. The number of carbonyl (C=O) groups excluding carboxylic acids is 1. The summed E-state index contributed by atoms with van der Waals surface area (Å²) in [7, 11) is 0. The summed E-state index contributed by atoms with van der Waals surface area (Å²) < 4.78 is 45.5. The number of anilines is 2. The van der Waals surface area contributed by atoms with Gasteiger partial charge in [0.1, 0.15) is 17.3 Å². The van der Waals surface area contributed by atoms with Crippen LogP contribution in [0.1, 0.15) is 32.4 Å². The van der Waals surface area contributed by atoms with Gasteiger partial charge in [-0.15, -0.1) is 0 Å². The van der Waals surface area contributed by atoms with Crippen LogP contribution >= 0.6 is 23.2 Å². The second-order valence-electron chi connectivity index (χ2n) is 11.1. The van der Waals surface area contributed by atoms with Crippen molar-refractivity contribution in [1.82, 2.24) is 14.5 Å². The van der Waals surface area contributed by atoms with Gasteiger partial charge >= 0.3 is 0 Å². The lowest BCUT2D eigenvalue weighted by Crippen LogP contribution is -2.49. The smallest absolute Gasteiger partial charge is 0.272 e. The van der Waals surface area contributed by atoms with Crippen LogP contribution in [0.15, 0.2) is 40.8 Å². The molecule has 1 saturated heterocycles. The van der Waals surface area contributed by atoms with E-state index in [1.54, 1.807) is 22.1 Å². The lowest BCUT2D eigenvalue weighted by Gasteiger charge is -2.37. The number of nitrogen functional groups attached to an aromatic ring is 1. The number of halogens is 5.